The Bertz CT molecular complexity index is 595. The number of likely N-dealkylation sites (tertiary alicyclic amines) is 2. The number of aliphatic hydroxyl groups is 1. The lowest BCUT2D eigenvalue weighted by atomic mass is 9.89. The third kappa shape index (κ3) is 4.24. The molecule has 0 aliphatic carbocycles. The summed E-state index contributed by atoms with van der Waals surface area (Å²) in [6, 6.07) is 7.98. The molecule has 1 aromatic rings. The number of benzene rings is 1. The number of hydrogen-bond donors (Lipinski definition) is 1. The van der Waals surface area contributed by atoms with E-state index in [-0.39, 0.29) is 5.91 Å². The first-order valence-electron chi connectivity index (χ1n) is 9.80. The quantitative estimate of drug-likeness (QED) is 0.893. The Morgan fingerprint density at radius 2 is 1.96 bits per heavy atom. The highest BCUT2D eigenvalue weighted by molar-refractivity contribution is 5.77. The first-order chi connectivity index (χ1) is 12.0. The van der Waals surface area contributed by atoms with Gasteiger partial charge in [-0.15, -0.1) is 0 Å². The van der Waals surface area contributed by atoms with Crippen LogP contribution in [0.15, 0.2) is 24.3 Å². The third-order valence-corrected chi connectivity index (χ3v) is 5.96. The Morgan fingerprint density at radius 3 is 2.64 bits per heavy atom. The summed E-state index contributed by atoms with van der Waals surface area (Å²) in [6.07, 6.45) is 4.74. The summed E-state index contributed by atoms with van der Waals surface area (Å²) in [7, 11) is 0. The van der Waals surface area contributed by atoms with E-state index in [0.717, 1.165) is 37.1 Å². The zero-order valence-corrected chi connectivity index (χ0v) is 15.7. The van der Waals surface area contributed by atoms with Gasteiger partial charge in [0.1, 0.15) is 5.60 Å². The van der Waals surface area contributed by atoms with Gasteiger partial charge < -0.3 is 14.9 Å². The fraction of sp³-hybridized carbons (Fsp3) is 0.667. The number of aryl methyl sites for hydroxylation is 1. The van der Waals surface area contributed by atoms with E-state index in [4.69, 9.17) is 0 Å². The number of hydrogen-bond acceptors (Lipinski definition) is 3. The van der Waals surface area contributed by atoms with Crippen LogP contribution in [0.5, 0.6) is 0 Å². The van der Waals surface area contributed by atoms with E-state index < -0.39 is 5.60 Å². The second-order valence-corrected chi connectivity index (χ2v) is 7.90. The van der Waals surface area contributed by atoms with E-state index in [2.05, 4.69) is 11.8 Å². The van der Waals surface area contributed by atoms with Gasteiger partial charge in [0.2, 0.25) is 5.91 Å². The molecule has 25 heavy (non-hydrogen) atoms. The molecule has 138 valence electrons. The van der Waals surface area contributed by atoms with E-state index in [1.54, 1.807) is 0 Å². The van der Waals surface area contributed by atoms with Gasteiger partial charge in [-0.1, -0.05) is 31.2 Å². The van der Waals surface area contributed by atoms with E-state index in [0.29, 0.717) is 31.8 Å². The molecule has 0 radical (unpaired) electrons. The number of nitrogens with zero attached hydrogens (tertiary/aromatic N) is 2. The minimum atomic E-state index is -0.883. The third-order valence-electron chi connectivity index (χ3n) is 5.96. The maximum absolute atomic E-state index is 12.7. The molecular formula is C21H32N2O2. The summed E-state index contributed by atoms with van der Waals surface area (Å²) in [5.41, 5.74) is 1.19. The number of β-amino-alcohol motifs (C(OH)–C–C–N with tert-alkyl or cyclic N) is 1. The number of piperidine rings is 1. The van der Waals surface area contributed by atoms with Crippen LogP contribution in [0.4, 0.5) is 0 Å². The molecular weight excluding hydrogens is 312 g/mol. The second kappa shape index (κ2) is 7.88. The molecule has 1 aromatic carbocycles. The van der Waals surface area contributed by atoms with Gasteiger partial charge in [0.15, 0.2) is 0 Å². The van der Waals surface area contributed by atoms with Gasteiger partial charge in [-0.3, -0.25) is 4.79 Å². The van der Waals surface area contributed by atoms with E-state index in [1.807, 2.05) is 36.1 Å². The number of amides is 1. The molecule has 0 bridgehead atoms. The van der Waals surface area contributed by atoms with Gasteiger partial charge in [0.25, 0.3) is 0 Å². The maximum atomic E-state index is 12.7. The van der Waals surface area contributed by atoms with Gasteiger partial charge in [0, 0.05) is 13.0 Å². The van der Waals surface area contributed by atoms with Crippen LogP contribution < -0.4 is 0 Å². The molecule has 0 saturated carbocycles. The average Bonchev–Trinajstić information content (AvgIpc) is 3.01. The monoisotopic (exact) mass is 344 g/mol. The Balaban J connectivity index is 1.54. The van der Waals surface area contributed by atoms with Crippen molar-refractivity contribution in [2.24, 2.45) is 5.92 Å². The zero-order chi connectivity index (χ0) is 17.9. The highest BCUT2D eigenvalue weighted by Crippen LogP contribution is 2.34. The van der Waals surface area contributed by atoms with Crippen molar-refractivity contribution in [3.8, 4) is 0 Å². The fourth-order valence-corrected chi connectivity index (χ4v) is 4.43. The first-order valence-corrected chi connectivity index (χ1v) is 9.80. The molecule has 1 N–H and O–H groups in total. The summed E-state index contributed by atoms with van der Waals surface area (Å²) in [4.78, 5) is 17.1. The molecule has 2 aliphatic rings. The lowest BCUT2D eigenvalue weighted by Crippen LogP contribution is -2.38. The van der Waals surface area contributed by atoms with Crippen molar-refractivity contribution in [2.45, 2.75) is 51.6 Å². The van der Waals surface area contributed by atoms with Gasteiger partial charge in [0.05, 0.1) is 6.54 Å². The highest BCUT2D eigenvalue weighted by atomic mass is 16.3. The lowest BCUT2D eigenvalue weighted by Gasteiger charge is -2.32. The van der Waals surface area contributed by atoms with Crippen LogP contribution in [-0.4, -0.2) is 53.5 Å². The van der Waals surface area contributed by atoms with Crippen molar-refractivity contribution in [3.05, 3.63) is 35.4 Å². The van der Waals surface area contributed by atoms with Gasteiger partial charge in [-0.25, -0.2) is 0 Å². The predicted molar refractivity (Wildman–Crippen MR) is 100 cm³/mol. The van der Waals surface area contributed by atoms with Crippen molar-refractivity contribution in [3.63, 3.8) is 0 Å². The van der Waals surface area contributed by atoms with Crippen LogP contribution in [0.3, 0.4) is 0 Å². The topological polar surface area (TPSA) is 43.8 Å². The zero-order valence-electron chi connectivity index (χ0n) is 15.7. The first kappa shape index (κ1) is 18.4. The SMILES string of the molecule is CCCN1CCC(CC(=O)N2CC[C@@](O)(c3ccccc3C)C2)CC1. The summed E-state index contributed by atoms with van der Waals surface area (Å²) in [5, 5.41) is 11.1. The van der Waals surface area contributed by atoms with Crippen LogP contribution in [0, 0.1) is 12.8 Å². The standard InChI is InChI=1S/C21H32N2O2/c1-3-11-22-12-8-18(9-13-22)15-20(24)23-14-10-21(25,16-23)19-7-5-4-6-17(19)2/h4-7,18,25H,3,8-16H2,1-2H3/t21-/m0/s1. The second-order valence-electron chi connectivity index (χ2n) is 7.90. The molecule has 0 unspecified atom stereocenters. The van der Waals surface area contributed by atoms with Crippen LogP contribution in [0.1, 0.15) is 50.2 Å². The van der Waals surface area contributed by atoms with Gasteiger partial charge in [-0.2, -0.15) is 0 Å². The van der Waals surface area contributed by atoms with Crippen LogP contribution >= 0.6 is 0 Å². The van der Waals surface area contributed by atoms with E-state index >= 15 is 0 Å². The Hall–Kier alpha value is -1.39. The maximum Gasteiger partial charge on any atom is 0.222 e. The Labute approximate surface area is 151 Å². The predicted octanol–water partition coefficient (Wildman–Crippen LogP) is 2.93. The van der Waals surface area contributed by atoms with Crippen LogP contribution in [-0.2, 0) is 10.4 Å². The summed E-state index contributed by atoms with van der Waals surface area (Å²) < 4.78 is 0. The summed E-state index contributed by atoms with van der Waals surface area (Å²) in [5.74, 6) is 0.728. The van der Waals surface area contributed by atoms with Gasteiger partial charge >= 0.3 is 0 Å². The largest absolute Gasteiger partial charge is 0.383 e. The molecule has 1 atom stereocenters. The van der Waals surface area contributed by atoms with Crippen LogP contribution in [0.2, 0.25) is 0 Å². The Morgan fingerprint density at radius 1 is 1.24 bits per heavy atom. The van der Waals surface area contributed by atoms with E-state index in [1.165, 1.54) is 13.0 Å². The van der Waals surface area contributed by atoms with Crippen molar-refractivity contribution < 1.29 is 9.90 Å². The molecule has 4 nitrogen and oxygen atoms in total. The molecule has 0 spiro atoms. The lowest BCUT2D eigenvalue weighted by molar-refractivity contribution is -0.132. The number of carbonyl (C=O) groups excluding carboxylic acids is 1. The smallest absolute Gasteiger partial charge is 0.222 e. The van der Waals surface area contributed by atoms with Crippen molar-refractivity contribution in [2.75, 3.05) is 32.7 Å². The van der Waals surface area contributed by atoms with Crippen LogP contribution in [0.25, 0.3) is 0 Å². The van der Waals surface area contributed by atoms with Crippen molar-refractivity contribution in [1.82, 2.24) is 9.80 Å². The molecule has 3 rings (SSSR count). The molecule has 0 aromatic heterocycles. The number of carbonyl (C=O) groups is 1. The summed E-state index contributed by atoms with van der Waals surface area (Å²) >= 11 is 0. The average molecular weight is 344 g/mol. The number of rotatable bonds is 5. The van der Waals surface area contributed by atoms with Crippen molar-refractivity contribution >= 4 is 5.91 Å². The summed E-state index contributed by atoms with van der Waals surface area (Å²) in [6.45, 7) is 8.78. The van der Waals surface area contributed by atoms with E-state index in [9.17, 15) is 9.90 Å². The normalized spacial score (nSPS) is 25.5. The van der Waals surface area contributed by atoms with Gasteiger partial charge in [-0.05, 0) is 69.3 Å². The highest BCUT2D eigenvalue weighted by Gasteiger charge is 2.40. The molecule has 1 amide bonds. The Kier molecular flexibility index (Phi) is 5.80. The molecule has 4 heteroatoms. The minimum absolute atomic E-state index is 0.221. The van der Waals surface area contributed by atoms with Crippen molar-refractivity contribution in [1.29, 1.82) is 0 Å². The molecule has 2 fully saturated rings. The molecule has 2 heterocycles. The molecule has 2 saturated heterocycles. The fourth-order valence-electron chi connectivity index (χ4n) is 4.43. The minimum Gasteiger partial charge on any atom is -0.383 e. The molecule has 2 aliphatic heterocycles.